The summed E-state index contributed by atoms with van der Waals surface area (Å²) in [4.78, 5) is 16.7. The van der Waals surface area contributed by atoms with Gasteiger partial charge in [-0.2, -0.15) is 0 Å². The van der Waals surface area contributed by atoms with Crippen molar-refractivity contribution >= 4 is 27.4 Å². The Balaban J connectivity index is 1.76. The number of amides is 1. The summed E-state index contributed by atoms with van der Waals surface area (Å²) in [6.07, 6.45) is 1.60. The smallest absolute Gasteiger partial charge is 0.262 e. The maximum atomic E-state index is 12.7. The molecule has 1 aromatic heterocycles. The Labute approximate surface area is 164 Å². The van der Waals surface area contributed by atoms with E-state index in [1.807, 2.05) is 26.0 Å². The van der Waals surface area contributed by atoms with Gasteiger partial charge in [-0.25, -0.2) is 13.4 Å². The van der Waals surface area contributed by atoms with Crippen LogP contribution in [0.4, 0.5) is 11.5 Å². The van der Waals surface area contributed by atoms with Crippen molar-refractivity contribution in [1.29, 1.82) is 0 Å². The number of carbonyl (C=O) groups excluding carboxylic acids is 1. The molecule has 0 aliphatic heterocycles. The molecule has 28 heavy (non-hydrogen) atoms. The molecule has 2 N–H and O–H groups in total. The minimum Gasteiger partial charge on any atom is -0.306 e. The molecular weight excluding hydrogens is 374 g/mol. The van der Waals surface area contributed by atoms with Gasteiger partial charge in [-0.1, -0.05) is 18.2 Å². The van der Waals surface area contributed by atoms with Crippen molar-refractivity contribution in [2.45, 2.75) is 25.7 Å². The van der Waals surface area contributed by atoms with Gasteiger partial charge in [0.2, 0.25) is 0 Å². The zero-order valence-electron chi connectivity index (χ0n) is 15.9. The Morgan fingerprint density at radius 1 is 0.929 bits per heavy atom. The molecule has 6 nitrogen and oxygen atoms in total. The van der Waals surface area contributed by atoms with Gasteiger partial charge < -0.3 is 5.32 Å². The van der Waals surface area contributed by atoms with Gasteiger partial charge in [0.05, 0.1) is 4.90 Å². The number of nitrogens with one attached hydrogen (secondary N) is 2. The molecule has 0 saturated carbocycles. The van der Waals surface area contributed by atoms with E-state index in [9.17, 15) is 13.2 Å². The fraction of sp³-hybridized carbons (Fsp3) is 0.143. The van der Waals surface area contributed by atoms with Crippen LogP contribution in [0.15, 0.2) is 65.7 Å². The first-order valence-electron chi connectivity index (χ1n) is 8.69. The topological polar surface area (TPSA) is 88.2 Å². The number of aryl methyl sites for hydroxylation is 3. The zero-order valence-corrected chi connectivity index (χ0v) is 16.7. The van der Waals surface area contributed by atoms with Gasteiger partial charge in [0.15, 0.2) is 0 Å². The standard InChI is InChI=1S/C21H21N3O3S/c1-14-6-7-15(2)19(13-14)28(26,27)24-18-10-8-17(9-11-18)21(25)23-20-16(3)5-4-12-22-20/h4-13,24H,1-3H3,(H,22,23,25). The molecule has 0 saturated heterocycles. The van der Waals surface area contributed by atoms with E-state index in [1.54, 1.807) is 55.6 Å². The lowest BCUT2D eigenvalue weighted by Gasteiger charge is -2.12. The van der Waals surface area contributed by atoms with Crippen molar-refractivity contribution in [3.8, 4) is 0 Å². The summed E-state index contributed by atoms with van der Waals surface area (Å²) in [5.41, 5.74) is 3.17. The summed E-state index contributed by atoms with van der Waals surface area (Å²) >= 11 is 0. The first kappa shape index (κ1) is 19.6. The Morgan fingerprint density at radius 2 is 1.64 bits per heavy atom. The van der Waals surface area contributed by atoms with Crippen LogP contribution in [0.3, 0.4) is 0 Å². The molecule has 1 heterocycles. The number of carbonyl (C=O) groups is 1. The minimum atomic E-state index is -3.71. The second kappa shape index (κ2) is 7.82. The zero-order chi connectivity index (χ0) is 20.3. The Morgan fingerprint density at radius 3 is 2.32 bits per heavy atom. The number of aromatic nitrogens is 1. The van der Waals surface area contributed by atoms with E-state index in [0.29, 0.717) is 22.6 Å². The van der Waals surface area contributed by atoms with Crippen LogP contribution in [0.2, 0.25) is 0 Å². The summed E-state index contributed by atoms with van der Waals surface area (Å²) < 4.78 is 27.9. The maximum absolute atomic E-state index is 12.7. The largest absolute Gasteiger partial charge is 0.306 e. The Hall–Kier alpha value is -3.19. The van der Waals surface area contributed by atoms with E-state index in [-0.39, 0.29) is 10.8 Å². The van der Waals surface area contributed by atoms with Gasteiger partial charge >= 0.3 is 0 Å². The van der Waals surface area contributed by atoms with Gasteiger partial charge in [-0.3, -0.25) is 9.52 Å². The number of hydrogen-bond acceptors (Lipinski definition) is 4. The number of sulfonamides is 1. The average molecular weight is 395 g/mol. The molecule has 1 amide bonds. The highest BCUT2D eigenvalue weighted by molar-refractivity contribution is 7.92. The maximum Gasteiger partial charge on any atom is 0.262 e. The monoisotopic (exact) mass is 395 g/mol. The van der Waals surface area contributed by atoms with E-state index in [2.05, 4.69) is 15.0 Å². The average Bonchev–Trinajstić information content (AvgIpc) is 2.65. The third kappa shape index (κ3) is 4.37. The quantitative estimate of drug-likeness (QED) is 0.682. The molecule has 3 rings (SSSR count). The molecule has 0 aliphatic rings. The third-order valence-electron chi connectivity index (χ3n) is 4.27. The van der Waals surface area contributed by atoms with Gasteiger partial charge in [0.1, 0.15) is 5.82 Å². The summed E-state index contributed by atoms with van der Waals surface area (Å²) in [5.74, 6) is 0.179. The number of nitrogens with zero attached hydrogens (tertiary/aromatic N) is 1. The van der Waals surface area contributed by atoms with Crippen LogP contribution >= 0.6 is 0 Å². The molecule has 0 unspecified atom stereocenters. The molecule has 0 fully saturated rings. The fourth-order valence-electron chi connectivity index (χ4n) is 2.69. The van der Waals surface area contributed by atoms with Crippen LogP contribution in [0.1, 0.15) is 27.0 Å². The SMILES string of the molecule is Cc1ccc(C)c(S(=O)(=O)Nc2ccc(C(=O)Nc3ncccc3C)cc2)c1. The van der Waals surface area contributed by atoms with Crippen LogP contribution in [0.25, 0.3) is 0 Å². The third-order valence-corrected chi connectivity index (χ3v) is 5.80. The van der Waals surface area contributed by atoms with E-state index >= 15 is 0 Å². The first-order chi connectivity index (χ1) is 13.3. The highest BCUT2D eigenvalue weighted by atomic mass is 32.2. The van der Waals surface area contributed by atoms with Crippen molar-refractivity contribution in [2.75, 3.05) is 10.0 Å². The lowest BCUT2D eigenvalue weighted by atomic mass is 10.2. The van der Waals surface area contributed by atoms with Crippen LogP contribution in [0, 0.1) is 20.8 Å². The normalized spacial score (nSPS) is 11.1. The van der Waals surface area contributed by atoms with E-state index in [4.69, 9.17) is 0 Å². The van der Waals surface area contributed by atoms with Crippen molar-refractivity contribution in [2.24, 2.45) is 0 Å². The van der Waals surface area contributed by atoms with Gasteiger partial charge in [-0.15, -0.1) is 0 Å². The predicted octanol–water partition coefficient (Wildman–Crippen LogP) is 4.06. The molecular formula is C21H21N3O3S. The summed E-state index contributed by atoms with van der Waals surface area (Å²) in [6.45, 7) is 5.45. The fourth-order valence-corrected chi connectivity index (χ4v) is 4.08. The summed E-state index contributed by atoms with van der Waals surface area (Å²) in [6, 6.07) is 15.2. The van der Waals surface area contributed by atoms with Crippen molar-refractivity contribution < 1.29 is 13.2 Å². The highest BCUT2D eigenvalue weighted by Crippen LogP contribution is 2.21. The molecule has 2 aromatic carbocycles. The Kier molecular flexibility index (Phi) is 5.46. The van der Waals surface area contributed by atoms with Crippen molar-refractivity contribution in [3.63, 3.8) is 0 Å². The Bertz CT molecular complexity index is 1120. The highest BCUT2D eigenvalue weighted by Gasteiger charge is 2.17. The first-order valence-corrected chi connectivity index (χ1v) is 10.2. The molecule has 144 valence electrons. The van der Waals surface area contributed by atoms with Crippen LogP contribution in [-0.2, 0) is 10.0 Å². The van der Waals surface area contributed by atoms with E-state index in [0.717, 1.165) is 11.1 Å². The summed E-state index contributed by atoms with van der Waals surface area (Å²) in [5, 5.41) is 2.75. The summed E-state index contributed by atoms with van der Waals surface area (Å²) in [7, 11) is -3.71. The van der Waals surface area contributed by atoms with Crippen molar-refractivity contribution in [1.82, 2.24) is 4.98 Å². The van der Waals surface area contributed by atoms with E-state index in [1.165, 1.54) is 0 Å². The second-order valence-corrected chi connectivity index (χ2v) is 8.23. The lowest BCUT2D eigenvalue weighted by Crippen LogP contribution is -2.16. The predicted molar refractivity (Wildman–Crippen MR) is 110 cm³/mol. The molecule has 3 aromatic rings. The molecule has 7 heteroatoms. The molecule has 0 spiro atoms. The molecule has 0 bridgehead atoms. The van der Waals surface area contributed by atoms with Gasteiger partial charge in [-0.05, 0) is 73.9 Å². The number of hydrogen-bond donors (Lipinski definition) is 2. The molecule has 0 atom stereocenters. The van der Waals surface area contributed by atoms with Gasteiger partial charge in [0.25, 0.3) is 15.9 Å². The van der Waals surface area contributed by atoms with Crippen LogP contribution < -0.4 is 10.0 Å². The van der Waals surface area contributed by atoms with Crippen molar-refractivity contribution in [3.05, 3.63) is 83.0 Å². The number of pyridine rings is 1. The number of benzene rings is 2. The molecule has 0 aliphatic carbocycles. The van der Waals surface area contributed by atoms with Gasteiger partial charge in [0, 0.05) is 17.4 Å². The number of rotatable bonds is 5. The van der Waals surface area contributed by atoms with Crippen LogP contribution in [0.5, 0.6) is 0 Å². The van der Waals surface area contributed by atoms with Crippen LogP contribution in [-0.4, -0.2) is 19.3 Å². The lowest BCUT2D eigenvalue weighted by molar-refractivity contribution is 0.102. The minimum absolute atomic E-state index is 0.236. The molecule has 0 radical (unpaired) electrons. The number of anilines is 2. The van der Waals surface area contributed by atoms with E-state index < -0.39 is 10.0 Å². The second-order valence-electron chi connectivity index (χ2n) is 6.57.